The number of nitrogens with zero attached hydrogens (tertiary/aromatic N) is 12. The lowest BCUT2D eigenvalue weighted by molar-refractivity contribution is -0.125. The molecule has 0 saturated carbocycles. The molecule has 9 aliphatic rings. The van der Waals surface area contributed by atoms with Crippen LogP contribution in [-0.4, -0.2) is 343 Å². The molecule has 0 spiro atoms. The number of rotatable bonds is 34. The average molecular weight is 1870 g/mol. The minimum atomic E-state index is -0.102. The summed E-state index contributed by atoms with van der Waals surface area (Å²) < 4.78 is 10.3. The summed E-state index contributed by atoms with van der Waals surface area (Å²) >= 11 is 0. The Morgan fingerprint density at radius 1 is 0.414 bits per heavy atom. The summed E-state index contributed by atoms with van der Waals surface area (Å²) in [5.41, 5.74) is 1.05. The van der Waals surface area contributed by atoms with E-state index >= 15 is 0 Å². The topological polar surface area (TPSA) is 200 Å². The van der Waals surface area contributed by atoms with Gasteiger partial charge < -0.3 is 79.7 Å². The molecule has 1 atom stereocenters. The summed E-state index contributed by atoms with van der Waals surface area (Å²) in [6, 6.07) is 14.4. The Kier molecular flexibility index (Phi) is 64.9. The molecule has 9 saturated heterocycles. The van der Waals surface area contributed by atoms with Gasteiger partial charge in [0.25, 0.3) is 11.8 Å². The summed E-state index contributed by atoms with van der Waals surface area (Å²) in [4.78, 5) is 90.1. The second-order valence-electron chi connectivity index (χ2n) is 44.3. The Bertz CT molecular complexity index is 3210. The van der Waals surface area contributed by atoms with E-state index in [1.165, 1.54) is 214 Å². The van der Waals surface area contributed by atoms with E-state index < -0.39 is 0 Å². The predicted molar refractivity (Wildman–Crippen MR) is 563 cm³/mol. The molecule has 0 aliphatic carbocycles. The van der Waals surface area contributed by atoms with Crippen LogP contribution in [0.25, 0.3) is 0 Å². The molecule has 9 aliphatic heterocycles. The van der Waals surface area contributed by atoms with Gasteiger partial charge in [0, 0.05) is 132 Å². The van der Waals surface area contributed by atoms with Crippen molar-refractivity contribution in [3.63, 3.8) is 0 Å². The van der Waals surface area contributed by atoms with Crippen LogP contribution in [0.4, 0.5) is 0 Å². The number of benzene rings is 1. The number of hydrogen-bond acceptors (Lipinski definition) is 19. The predicted octanol–water partition coefficient (Wildman–Crippen LogP) is 17.9. The van der Waals surface area contributed by atoms with Gasteiger partial charge in [0.05, 0.1) is 20.3 Å². The number of ether oxygens (including phenoxy) is 2. The van der Waals surface area contributed by atoms with E-state index in [0.717, 1.165) is 150 Å². The van der Waals surface area contributed by atoms with Crippen LogP contribution in [0, 0.1) is 65.1 Å². The minimum Gasteiger partial charge on any atom is -0.493 e. The summed E-state index contributed by atoms with van der Waals surface area (Å²) in [5, 5.41) is 11.7. The van der Waals surface area contributed by atoms with Crippen molar-refractivity contribution in [3.8, 4) is 11.5 Å². The highest BCUT2D eigenvalue weighted by Gasteiger charge is 2.32. The Labute approximate surface area is 817 Å². The second-order valence-corrected chi connectivity index (χ2v) is 44.3. The number of nitrogens with one attached hydrogen (secondary N) is 4. The summed E-state index contributed by atoms with van der Waals surface area (Å²) in [6.45, 7) is 84.2. The lowest BCUT2D eigenvalue weighted by atomic mass is 9.90. The van der Waals surface area contributed by atoms with E-state index in [2.05, 4.69) is 240 Å². The van der Waals surface area contributed by atoms with E-state index in [4.69, 9.17) is 9.47 Å². The molecule has 4 N–H and O–H groups in total. The fourth-order valence-corrected chi connectivity index (χ4v) is 19.7. The minimum absolute atomic E-state index is 0.0975. The van der Waals surface area contributed by atoms with Crippen molar-refractivity contribution < 1.29 is 33.4 Å². The highest BCUT2D eigenvalue weighted by molar-refractivity contribution is 5.95. The zero-order valence-electron chi connectivity index (χ0n) is 91.2. The van der Waals surface area contributed by atoms with Gasteiger partial charge in [0.2, 0.25) is 11.8 Å². The SMILES string of the molecule is CC(C)CN1CCC(N(C)C)CC1.CC(C)CN1CCC(N2CCCC2)CC1.CC(C)CN1CCC(N2CCCCC2)CC1.CC(C)CN1CCC(NC(=O)C(C)C)CC1.CC(C)CNC(=O)C1CCCN1C.CC(C)CNC(=O)c1ccccn1.CCCC(=O)C1CCN(CC(C)C)CC1.CCN(CC)C1CCN(CC(C)C)CC1.COc1ccc(C(=O)NCC(C)C)cc1OC. The van der Waals surface area contributed by atoms with Crippen LogP contribution in [0.5, 0.6) is 11.5 Å². The first-order chi connectivity index (χ1) is 63.3. The van der Waals surface area contributed by atoms with Gasteiger partial charge >= 0.3 is 0 Å². The van der Waals surface area contributed by atoms with Gasteiger partial charge in [-0.25, -0.2) is 0 Å². The third-order valence-corrected chi connectivity index (χ3v) is 27.0. The number of likely N-dealkylation sites (tertiary alicyclic amines) is 9. The zero-order valence-corrected chi connectivity index (χ0v) is 91.2. The maximum atomic E-state index is 11.8. The van der Waals surface area contributed by atoms with E-state index in [9.17, 15) is 24.0 Å². The van der Waals surface area contributed by atoms with Crippen molar-refractivity contribution in [1.82, 2.24) is 80.2 Å². The average Bonchev–Trinajstić information content (AvgIpc) is 1.84. The third-order valence-electron chi connectivity index (χ3n) is 27.0. The standard InChI is InChI=1S/C14H28N2.C13H26N2O.C13H26N2.C13H28N2.C13H19NO3.C13H25NO.C11H24N2.C10H20N2O.C10H14N2O/c1-13(2)12-15-10-6-14(7-11-15)16-8-4-3-5-9-16;1-10(2)9-15-7-5-12(6-8-15)14-13(16)11(3)4;1-12(2)11-14-9-5-13(6-10-14)15-7-3-4-8-15;1-5-15(6-2)13-7-9-14(10-8-13)11-12(3)4;1-9(2)8-14-13(15)10-5-6-11(16-3)12(7-10)17-4;1-4-5-13(15)12-6-8-14(9-7-12)10-11(2)3;1-10(2)9-13-7-5-11(6-8-13)12(3)4;1-8(2)7-11-10(13)9-5-4-6-12(9)3;1-8(2)7-12-10(13)9-5-3-4-6-11-9/h13-14H,3-12H2,1-2H3;10-12H,5-9H2,1-4H3,(H,14,16);12-13H,3-11H2,1-2H3;12-13H,5-11H2,1-4H3;5-7,9H,8H2,1-4H3,(H,14,15);11-12H,4-10H2,1-3H3;10-11H,5-9H2,1-4H3;8-9H,4-7H2,1-3H3,(H,11,13);3-6,8H,7H2,1-2H3,(H,12,13). The molecule has 9 fully saturated rings. The van der Waals surface area contributed by atoms with Crippen molar-refractivity contribution in [2.45, 2.75) is 330 Å². The van der Waals surface area contributed by atoms with Gasteiger partial charge in [-0.05, 0) is 338 Å². The maximum absolute atomic E-state index is 11.8. The molecule has 23 heteroatoms. The van der Waals surface area contributed by atoms with Gasteiger partial charge in [0.15, 0.2) is 11.5 Å². The van der Waals surface area contributed by atoms with E-state index in [1.807, 2.05) is 20.9 Å². The Morgan fingerprint density at radius 3 is 1.15 bits per heavy atom. The molecule has 1 aromatic heterocycles. The molecule has 10 heterocycles. The highest BCUT2D eigenvalue weighted by Crippen LogP contribution is 2.29. The summed E-state index contributed by atoms with van der Waals surface area (Å²) in [6.07, 6.45) is 28.2. The van der Waals surface area contributed by atoms with E-state index in [0.29, 0.717) is 71.3 Å². The molecule has 133 heavy (non-hydrogen) atoms. The zero-order chi connectivity index (χ0) is 98.9. The molecule has 0 bridgehead atoms. The highest BCUT2D eigenvalue weighted by atomic mass is 16.5. The second kappa shape index (κ2) is 70.7. The Balaban J connectivity index is 0.000000386. The van der Waals surface area contributed by atoms with Crippen LogP contribution in [0.2, 0.25) is 0 Å². The van der Waals surface area contributed by atoms with Crippen LogP contribution in [-0.2, 0) is 14.4 Å². The lowest BCUT2D eigenvalue weighted by Crippen LogP contribution is -2.47. The van der Waals surface area contributed by atoms with Crippen molar-refractivity contribution in [2.24, 2.45) is 65.1 Å². The van der Waals surface area contributed by atoms with Crippen LogP contribution in [0.1, 0.15) is 315 Å². The number of amides is 4. The molecule has 23 nitrogen and oxygen atoms in total. The quantitative estimate of drug-likeness (QED) is 0.0515. The molecule has 1 aromatic carbocycles. The fraction of sp³-hybridized carbons (Fsp3) is 0.855. The Morgan fingerprint density at radius 2 is 0.797 bits per heavy atom. The van der Waals surface area contributed by atoms with Gasteiger partial charge in [0.1, 0.15) is 11.5 Å². The van der Waals surface area contributed by atoms with Crippen molar-refractivity contribution in [3.05, 3.63) is 53.9 Å². The van der Waals surface area contributed by atoms with Gasteiger partial charge in [-0.15, -0.1) is 0 Å². The first-order valence-corrected chi connectivity index (χ1v) is 54.0. The molecule has 11 rings (SSSR count). The molecule has 0 radical (unpaired) electrons. The summed E-state index contributed by atoms with van der Waals surface area (Å²) in [7, 11) is 9.53. The van der Waals surface area contributed by atoms with Gasteiger partial charge in [-0.3, -0.25) is 33.9 Å². The van der Waals surface area contributed by atoms with E-state index in [-0.39, 0.29) is 35.6 Å². The Hall–Kier alpha value is -4.92. The molecule has 1 unspecified atom stereocenters. The number of aromatic nitrogens is 1. The summed E-state index contributed by atoms with van der Waals surface area (Å²) in [5.74, 6) is 8.55. The monoisotopic (exact) mass is 1870 g/mol. The molecule has 772 valence electrons. The number of carbonyl (C=O) groups excluding carboxylic acids is 5. The first kappa shape index (κ1) is 122. The van der Waals surface area contributed by atoms with Crippen LogP contribution < -0.4 is 30.7 Å². The first-order valence-electron chi connectivity index (χ1n) is 54.0. The molecular weight excluding hydrogens is 1660 g/mol. The van der Waals surface area contributed by atoms with E-state index in [1.54, 1.807) is 56.8 Å². The van der Waals surface area contributed by atoms with Crippen molar-refractivity contribution in [1.29, 1.82) is 0 Å². The van der Waals surface area contributed by atoms with Crippen LogP contribution in [0.3, 0.4) is 0 Å². The number of pyridine rings is 1. The lowest BCUT2D eigenvalue weighted by Gasteiger charge is -2.40. The molecule has 2 aromatic rings. The number of carbonyl (C=O) groups is 5. The maximum Gasteiger partial charge on any atom is 0.269 e. The van der Waals surface area contributed by atoms with Crippen molar-refractivity contribution >= 4 is 29.4 Å². The van der Waals surface area contributed by atoms with Gasteiger partial charge in [-0.2, -0.15) is 0 Å². The number of likely N-dealkylation sites (N-methyl/N-ethyl adjacent to an activating group) is 1. The number of piperidine rings is 7. The van der Waals surface area contributed by atoms with Crippen molar-refractivity contribution in [2.75, 3.05) is 219 Å². The normalized spacial score (nSPS) is 19.8. The largest absolute Gasteiger partial charge is 0.493 e. The number of Topliss-reactive ketones (excluding diaryl/α,β-unsaturated/α-hetero) is 1. The number of methoxy groups -OCH3 is 2. The smallest absolute Gasteiger partial charge is 0.269 e. The van der Waals surface area contributed by atoms with Gasteiger partial charge in [-0.1, -0.05) is 172 Å². The number of hydrogen-bond donors (Lipinski definition) is 4. The number of ketones is 1. The molecular formula is C110H210N16O7. The fourth-order valence-electron chi connectivity index (χ4n) is 19.7. The third kappa shape index (κ3) is 54.5. The molecule has 4 amide bonds. The van der Waals surface area contributed by atoms with Crippen LogP contribution >= 0.6 is 0 Å². The van der Waals surface area contributed by atoms with Crippen LogP contribution in [0.15, 0.2) is 42.6 Å².